The van der Waals surface area contributed by atoms with Gasteiger partial charge in [0.2, 0.25) is 0 Å². The molecular weight excluding hydrogens is 320 g/mol. The number of fused-ring (bicyclic) bond motifs is 1. The quantitative estimate of drug-likeness (QED) is 0.648. The number of benzene rings is 2. The summed E-state index contributed by atoms with van der Waals surface area (Å²) in [6.07, 6.45) is 0. The van der Waals surface area contributed by atoms with Crippen LogP contribution in [0.15, 0.2) is 54.6 Å². The minimum absolute atomic E-state index is 0.757. The third-order valence-electron chi connectivity index (χ3n) is 7.15. The fourth-order valence-electron chi connectivity index (χ4n) is 4.79. The topological polar surface area (TPSA) is 0 Å². The molecule has 0 fully saturated rings. The highest BCUT2D eigenvalue weighted by molar-refractivity contribution is 7.05. The van der Waals surface area contributed by atoms with Crippen molar-refractivity contribution >= 4 is 26.5 Å². The first-order valence-corrected chi connectivity index (χ1v) is 14.9. The summed E-state index contributed by atoms with van der Waals surface area (Å²) in [5.41, 5.74) is 3.90. The van der Waals surface area contributed by atoms with Crippen LogP contribution >= 0.6 is 0 Å². The van der Waals surface area contributed by atoms with Crippen LogP contribution in [0.5, 0.6) is 0 Å². The molecule has 0 amide bonds. The molecule has 3 rings (SSSR count). The molecular formula is C22H32Si2. The maximum Gasteiger partial charge on any atom is 0.0931 e. The summed E-state index contributed by atoms with van der Waals surface area (Å²) in [7, 11) is -3.09. The SMILES string of the molecule is CC(C)[Si@]1(C)C[C@@H](c2ccccc2)[Si@@](C)(C(C)C)c2ccccc21. The highest BCUT2D eigenvalue weighted by atomic mass is 28.3. The minimum Gasteiger partial charge on any atom is -0.0650 e. The van der Waals surface area contributed by atoms with Crippen LogP contribution in [0.1, 0.15) is 38.8 Å². The molecule has 3 atom stereocenters. The zero-order chi connectivity index (χ0) is 17.5. The van der Waals surface area contributed by atoms with E-state index in [0.717, 1.165) is 16.6 Å². The largest absolute Gasteiger partial charge is 0.0931 e. The lowest BCUT2D eigenvalue weighted by Gasteiger charge is -2.52. The van der Waals surface area contributed by atoms with Crippen molar-refractivity contribution in [2.75, 3.05) is 0 Å². The molecule has 1 heterocycles. The smallest absolute Gasteiger partial charge is 0.0650 e. The van der Waals surface area contributed by atoms with E-state index in [2.05, 4.69) is 95.4 Å². The van der Waals surface area contributed by atoms with Gasteiger partial charge in [0.25, 0.3) is 0 Å². The summed E-state index contributed by atoms with van der Waals surface area (Å²) < 4.78 is 0. The lowest BCUT2D eigenvalue weighted by atomic mass is 10.2. The van der Waals surface area contributed by atoms with Gasteiger partial charge in [0.1, 0.15) is 0 Å². The highest BCUT2D eigenvalue weighted by Crippen LogP contribution is 2.45. The van der Waals surface area contributed by atoms with Gasteiger partial charge in [-0.2, -0.15) is 0 Å². The molecule has 0 unspecified atom stereocenters. The summed E-state index contributed by atoms with van der Waals surface area (Å²) in [5, 5.41) is 3.54. The van der Waals surface area contributed by atoms with Crippen molar-refractivity contribution < 1.29 is 0 Å². The van der Waals surface area contributed by atoms with E-state index in [-0.39, 0.29) is 0 Å². The normalized spacial score (nSPS) is 29.8. The van der Waals surface area contributed by atoms with E-state index in [4.69, 9.17) is 0 Å². The predicted octanol–water partition coefficient (Wildman–Crippen LogP) is 5.41. The highest BCUT2D eigenvalue weighted by Gasteiger charge is 2.53. The average Bonchev–Trinajstić information content (AvgIpc) is 2.58. The molecule has 0 aromatic heterocycles. The molecule has 0 nitrogen and oxygen atoms in total. The van der Waals surface area contributed by atoms with E-state index < -0.39 is 16.1 Å². The van der Waals surface area contributed by atoms with E-state index in [1.54, 1.807) is 15.9 Å². The minimum atomic E-state index is -1.60. The average molecular weight is 353 g/mol. The lowest BCUT2D eigenvalue weighted by Crippen LogP contribution is -2.71. The monoisotopic (exact) mass is 352 g/mol. The molecule has 0 saturated heterocycles. The fourth-order valence-corrected chi connectivity index (χ4v) is 16.8. The van der Waals surface area contributed by atoms with Crippen molar-refractivity contribution in [3.8, 4) is 0 Å². The van der Waals surface area contributed by atoms with Gasteiger partial charge in [-0.3, -0.25) is 0 Å². The van der Waals surface area contributed by atoms with E-state index in [0.29, 0.717) is 0 Å². The molecule has 0 aliphatic carbocycles. The Morgan fingerprint density at radius 1 is 0.750 bits per heavy atom. The molecule has 2 aromatic carbocycles. The Bertz CT molecular complexity index is 707. The Hall–Kier alpha value is -1.13. The van der Waals surface area contributed by atoms with Crippen LogP contribution in [0.3, 0.4) is 0 Å². The Balaban J connectivity index is 2.28. The van der Waals surface area contributed by atoms with Crippen LogP contribution < -0.4 is 10.4 Å². The molecule has 0 bridgehead atoms. The van der Waals surface area contributed by atoms with Crippen LogP contribution in [-0.4, -0.2) is 16.1 Å². The van der Waals surface area contributed by atoms with Crippen LogP contribution in [0, 0.1) is 0 Å². The van der Waals surface area contributed by atoms with Crippen LogP contribution in [0.4, 0.5) is 0 Å². The van der Waals surface area contributed by atoms with Crippen LogP contribution in [-0.2, 0) is 0 Å². The molecule has 128 valence electrons. The first-order valence-electron chi connectivity index (χ1n) is 9.46. The van der Waals surface area contributed by atoms with Gasteiger partial charge in [-0.25, -0.2) is 0 Å². The van der Waals surface area contributed by atoms with Gasteiger partial charge >= 0.3 is 0 Å². The van der Waals surface area contributed by atoms with Gasteiger partial charge in [-0.15, -0.1) is 0 Å². The maximum absolute atomic E-state index is 2.66. The Morgan fingerprint density at radius 3 is 1.83 bits per heavy atom. The second-order valence-electron chi connectivity index (χ2n) is 8.72. The van der Waals surface area contributed by atoms with E-state index in [1.165, 1.54) is 6.04 Å². The van der Waals surface area contributed by atoms with Gasteiger partial charge in [0, 0.05) is 0 Å². The summed E-state index contributed by atoms with van der Waals surface area (Å²) in [4.78, 5) is 0. The molecule has 0 N–H and O–H groups in total. The second kappa shape index (κ2) is 6.31. The summed E-state index contributed by atoms with van der Waals surface area (Å²) >= 11 is 0. The Kier molecular flexibility index (Phi) is 4.65. The summed E-state index contributed by atoms with van der Waals surface area (Å²) in [6, 6.07) is 22.4. The predicted molar refractivity (Wildman–Crippen MR) is 113 cm³/mol. The van der Waals surface area contributed by atoms with Crippen LogP contribution in [0.25, 0.3) is 0 Å². The number of rotatable bonds is 3. The second-order valence-corrected chi connectivity index (χ2v) is 18.6. The van der Waals surface area contributed by atoms with Gasteiger partial charge in [0.05, 0.1) is 16.1 Å². The first-order chi connectivity index (χ1) is 11.3. The van der Waals surface area contributed by atoms with E-state index in [9.17, 15) is 0 Å². The van der Waals surface area contributed by atoms with Crippen LogP contribution in [0.2, 0.25) is 30.2 Å². The third kappa shape index (κ3) is 2.55. The molecule has 2 aromatic rings. The number of hydrogen-bond donors (Lipinski definition) is 0. The lowest BCUT2D eigenvalue weighted by molar-refractivity contribution is 0.877. The van der Waals surface area contributed by atoms with Crippen molar-refractivity contribution in [1.29, 1.82) is 0 Å². The van der Waals surface area contributed by atoms with Gasteiger partial charge < -0.3 is 0 Å². The molecule has 0 saturated carbocycles. The van der Waals surface area contributed by atoms with Gasteiger partial charge in [0.15, 0.2) is 0 Å². The Morgan fingerprint density at radius 2 is 1.29 bits per heavy atom. The molecule has 1 aliphatic heterocycles. The molecule has 0 radical (unpaired) electrons. The molecule has 1 aliphatic rings. The molecule has 24 heavy (non-hydrogen) atoms. The maximum atomic E-state index is 2.66. The third-order valence-corrected chi connectivity index (χ3v) is 19.3. The molecule has 0 spiro atoms. The summed E-state index contributed by atoms with van der Waals surface area (Å²) in [5.74, 6) is 0. The van der Waals surface area contributed by atoms with Crippen molar-refractivity contribution in [2.45, 2.75) is 63.5 Å². The Labute approximate surface area is 150 Å². The molecule has 2 heteroatoms. The number of hydrogen-bond acceptors (Lipinski definition) is 0. The zero-order valence-electron chi connectivity index (χ0n) is 16.1. The van der Waals surface area contributed by atoms with Crippen molar-refractivity contribution in [3.63, 3.8) is 0 Å². The zero-order valence-corrected chi connectivity index (χ0v) is 18.1. The van der Waals surface area contributed by atoms with Gasteiger partial charge in [-0.05, 0) is 28.2 Å². The standard InChI is InChI=1S/C22H32Si2/c1-17(2)23(5)16-22(19-12-8-7-9-13-19)24(6,18(3)4)21-15-11-10-14-20(21)23/h7-15,17-18,22H,16H2,1-6H3/t22-,23-,24-/m0/s1. The fraction of sp³-hybridized carbons (Fsp3) is 0.455. The van der Waals surface area contributed by atoms with Gasteiger partial charge in [-0.1, -0.05) is 106 Å². The first kappa shape index (κ1) is 17.7. The van der Waals surface area contributed by atoms with E-state index >= 15 is 0 Å². The summed E-state index contributed by atoms with van der Waals surface area (Å²) in [6.45, 7) is 15.2. The van der Waals surface area contributed by atoms with E-state index in [1.807, 2.05) is 0 Å². The van der Waals surface area contributed by atoms with Crippen molar-refractivity contribution in [3.05, 3.63) is 60.2 Å². The van der Waals surface area contributed by atoms with Crippen molar-refractivity contribution in [2.24, 2.45) is 0 Å². The van der Waals surface area contributed by atoms with Crippen molar-refractivity contribution in [1.82, 2.24) is 0 Å².